The van der Waals surface area contributed by atoms with Crippen molar-refractivity contribution in [3.05, 3.63) is 12.0 Å². The maximum atomic E-state index is 11.9. The lowest BCUT2D eigenvalue weighted by molar-refractivity contribution is 0.413. The van der Waals surface area contributed by atoms with E-state index in [0.717, 1.165) is 19.3 Å². The zero-order valence-corrected chi connectivity index (χ0v) is 10.3. The number of aryl methyl sites for hydroxylation is 1. The predicted molar refractivity (Wildman–Crippen MR) is 58.4 cm³/mol. The molecule has 1 aromatic heterocycles. The van der Waals surface area contributed by atoms with Crippen molar-refractivity contribution in [1.82, 2.24) is 9.88 Å². The minimum atomic E-state index is -3.46. The molecule has 0 saturated heterocycles. The van der Waals surface area contributed by atoms with Crippen LogP contribution in [0, 0.1) is 12.3 Å². The van der Waals surface area contributed by atoms with Gasteiger partial charge in [0.15, 0.2) is 0 Å². The highest BCUT2D eigenvalue weighted by Crippen LogP contribution is 2.48. The van der Waals surface area contributed by atoms with Crippen LogP contribution in [0.25, 0.3) is 0 Å². The molecule has 0 unspecified atom stereocenters. The van der Waals surface area contributed by atoms with Crippen LogP contribution < -0.4 is 4.72 Å². The fourth-order valence-corrected chi connectivity index (χ4v) is 2.95. The van der Waals surface area contributed by atoms with E-state index in [1.165, 1.54) is 6.26 Å². The fraction of sp³-hybridized carbons (Fsp3) is 0.700. The smallest absolute Gasteiger partial charge is 0.245 e. The first-order valence-electron chi connectivity index (χ1n) is 5.40. The largest absolute Gasteiger partial charge is 0.363 e. The fourth-order valence-electron chi connectivity index (χ4n) is 1.70. The minimum absolute atomic E-state index is 0.138. The first kappa shape index (κ1) is 11.6. The van der Waals surface area contributed by atoms with E-state index in [-0.39, 0.29) is 10.3 Å². The van der Waals surface area contributed by atoms with Crippen LogP contribution in [0.15, 0.2) is 15.7 Å². The number of hydrogen-bond donors (Lipinski definition) is 1. The van der Waals surface area contributed by atoms with Gasteiger partial charge in [0, 0.05) is 6.54 Å². The molecule has 5 nitrogen and oxygen atoms in total. The SMILES string of the molecule is CCC1(CNS(=O)(=O)c2conc2C)CC1. The minimum Gasteiger partial charge on any atom is -0.363 e. The Labute approximate surface area is 95.3 Å². The maximum Gasteiger partial charge on any atom is 0.245 e. The molecule has 1 aromatic rings. The summed E-state index contributed by atoms with van der Waals surface area (Å²) in [6.07, 6.45) is 4.39. The molecule has 1 aliphatic carbocycles. The van der Waals surface area contributed by atoms with Gasteiger partial charge in [-0.15, -0.1) is 0 Å². The van der Waals surface area contributed by atoms with E-state index in [4.69, 9.17) is 0 Å². The molecular formula is C10H16N2O3S. The first-order valence-corrected chi connectivity index (χ1v) is 6.88. The average Bonchev–Trinajstić information content (AvgIpc) is 2.91. The molecule has 0 aromatic carbocycles. The van der Waals surface area contributed by atoms with Crippen molar-refractivity contribution >= 4 is 10.0 Å². The van der Waals surface area contributed by atoms with Gasteiger partial charge in [0.1, 0.15) is 16.9 Å². The first-order chi connectivity index (χ1) is 7.49. The van der Waals surface area contributed by atoms with E-state index >= 15 is 0 Å². The van der Waals surface area contributed by atoms with E-state index < -0.39 is 10.0 Å². The van der Waals surface area contributed by atoms with Gasteiger partial charge in [-0.2, -0.15) is 0 Å². The van der Waals surface area contributed by atoms with E-state index in [2.05, 4.69) is 21.3 Å². The Morgan fingerprint density at radius 2 is 2.25 bits per heavy atom. The second-order valence-electron chi connectivity index (χ2n) is 4.44. The lowest BCUT2D eigenvalue weighted by Gasteiger charge is -2.12. The van der Waals surface area contributed by atoms with Crippen molar-refractivity contribution in [2.75, 3.05) is 6.54 Å². The molecule has 0 radical (unpaired) electrons. The second kappa shape index (κ2) is 3.85. The van der Waals surface area contributed by atoms with Crippen LogP contribution >= 0.6 is 0 Å². The van der Waals surface area contributed by atoms with Crippen LogP contribution in [0.1, 0.15) is 31.9 Å². The predicted octanol–water partition coefficient (Wildman–Crippen LogP) is 1.45. The van der Waals surface area contributed by atoms with Crippen molar-refractivity contribution in [3.63, 3.8) is 0 Å². The standard InChI is InChI=1S/C10H16N2O3S/c1-3-10(4-5-10)7-11-16(13,14)9-6-15-12-8(9)2/h6,11H,3-5,7H2,1-2H3. The van der Waals surface area contributed by atoms with E-state index in [0.29, 0.717) is 12.2 Å². The van der Waals surface area contributed by atoms with Crippen molar-refractivity contribution < 1.29 is 12.9 Å². The van der Waals surface area contributed by atoms with E-state index in [1.54, 1.807) is 6.92 Å². The van der Waals surface area contributed by atoms with Gasteiger partial charge in [0.2, 0.25) is 10.0 Å². The molecule has 0 atom stereocenters. The Hall–Kier alpha value is -0.880. The highest BCUT2D eigenvalue weighted by molar-refractivity contribution is 7.89. The van der Waals surface area contributed by atoms with Gasteiger partial charge in [-0.25, -0.2) is 13.1 Å². The summed E-state index contributed by atoms with van der Waals surface area (Å²) in [5.74, 6) is 0. The lowest BCUT2D eigenvalue weighted by atomic mass is 10.1. The molecule has 1 aliphatic rings. The monoisotopic (exact) mass is 244 g/mol. The van der Waals surface area contributed by atoms with Gasteiger partial charge in [-0.3, -0.25) is 0 Å². The molecule has 1 saturated carbocycles. The highest BCUT2D eigenvalue weighted by Gasteiger charge is 2.41. The molecule has 90 valence electrons. The van der Waals surface area contributed by atoms with Gasteiger partial charge >= 0.3 is 0 Å². The molecule has 0 spiro atoms. The van der Waals surface area contributed by atoms with E-state index in [9.17, 15) is 8.42 Å². The Balaban J connectivity index is 2.07. The second-order valence-corrected chi connectivity index (χ2v) is 6.18. The van der Waals surface area contributed by atoms with Crippen LogP contribution in [0.3, 0.4) is 0 Å². The van der Waals surface area contributed by atoms with Gasteiger partial charge < -0.3 is 4.52 Å². The lowest BCUT2D eigenvalue weighted by Crippen LogP contribution is -2.30. The summed E-state index contributed by atoms with van der Waals surface area (Å²) in [6, 6.07) is 0. The van der Waals surface area contributed by atoms with Crippen molar-refractivity contribution in [3.8, 4) is 0 Å². The van der Waals surface area contributed by atoms with Crippen molar-refractivity contribution in [2.24, 2.45) is 5.41 Å². The van der Waals surface area contributed by atoms with Crippen LogP contribution in [-0.2, 0) is 10.0 Å². The molecule has 2 rings (SSSR count). The molecule has 0 amide bonds. The topological polar surface area (TPSA) is 72.2 Å². The summed E-state index contributed by atoms with van der Waals surface area (Å²) < 4.78 is 31.1. The Morgan fingerprint density at radius 3 is 2.69 bits per heavy atom. The zero-order valence-electron chi connectivity index (χ0n) is 9.49. The summed E-state index contributed by atoms with van der Waals surface area (Å²) in [5.41, 5.74) is 0.590. The number of rotatable bonds is 5. The Bertz CT molecular complexity index is 474. The summed E-state index contributed by atoms with van der Waals surface area (Å²) >= 11 is 0. The third kappa shape index (κ3) is 2.12. The van der Waals surface area contributed by atoms with E-state index in [1.807, 2.05) is 0 Å². The summed E-state index contributed by atoms with van der Waals surface area (Å²) in [6.45, 7) is 4.22. The average molecular weight is 244 g/mol. The molecule has 0 bridgehead atoms. The number of sulfonamides is 1. The van der Waals surface area contributed by atoms with Gasteiger partial charge in [0.25, 0.3) is 0 Å². The number of nitrogens with one attached hydrogen (secondary N) is 1. The number of aromatic nitrogens is 1. The molecular weight excluding hydrogens is 228 g/mol. The third-order valence-corrected chi connectivity index (χ3v) is 4.83. The third-order valence-electron chi connectivity index (χ3n) is 3.34. The molecule has 6 heteroatoms. The van der Waals surface area contributed by atoms with Crippen molar-refractivity contribution in [2.45, 2.75) is 38.0 Å². The van der Waals surface area contributed by atoms with Gasteiger partial charge in [-0.1, -0.05) is 12.1 Å². The number of nitrogens with zero attached hydrogens (tertiary/aromatic N) is 1. The van der Waals surface area contributed by atoms with Crippen molar-refractivity contribution in [1.29, 1.82) is 0 Å². The summed E-state index contributed by atoms with van der Waals surface area (Å²) in [4.78, 5) is 0.138. The molecule has 16 heavy (non-hydrogen) atoms. The summed E-state index contributed by atoms with van der Waals surface area (Å²) in [5, 5.41) is 3.57. The van der Waals surface area contributed by atoms with Crippen LogP contribution in [0.4, 0.5) is 0 Å². The quantitative estimate of drug-likeness (QED) is 0.851. The summed E-state index contributed by atoms with van der Waals surface area (Å²) in [7, 11) is -3.46. The normalized spacial score (nSPS) is 18.6. The Kier molecular flexibility index (Phi) is 2.79. The molecule has 0 aliphatic heterocycles. The maximum absolute atomic E-state index is 11.9. The zero-order chi connectivity index (χ0) is 11.8. The van der Waals surface area contributed by atoms with Crippen LogP contribution in [0.5, 0.6) is 0 Å². The Morgan fingerprint density at radius 1 is 1.56 bits per heavy atom. The number of hydrogen-bond acceptors (Lipinski definition) is 4. The van der Waals surface area contributed by atoms with Gasteiger partial charge in [-0.05, 0) is 31.6 Å². The van der Waals surface area contributed by atoms with Crippen LogP contribution in [-0.4, -0.2) is 20.1 Å². The van der Waals surface area contributed by atoms with Gasteiger partial charge in [0.05, 0.1) is 0 Å². The highest BCUT2D eigenvalue weighted by atomic mass is 32.2. The van der Waals surface area contributed by atoms with Crippen LogP contribution in [0.2, 0.25) is 0 Å². The molecule has 1 fully saturated rings. The molecule has 1 heterocycles. The molecule has 1 N–H and O–H groups in total.